The van der Waals surface area contributed by atoms with Crippen LogP contribution in [0.15, 0.2) is 4.99 Å². The molecule has 0 aromatic heterocycles. The summed E-state index contributed by atoms with van der Waals surface area (Å²) in [6, 6.07) is 0.366. The number of aliphatic imine (C=N–C) groups is 1. The highest BCUT2D eigenvalue weighted by Gasteiger charge is 2.35. The third-order valence-electron chi connectivity index (χ3n) is 3.62. The predicted molar refractivity (Wildman–Crippen MR) is 67.4 cm³/mol. The normalized spacial score (nSPS) is 20.2. The van der Waals surface area contributed by atoms with Crippen molar-refractivity contribution >= 4 is 5.96 Å². The van der Waals surface area contributed by atoms with Gasteiger partial charge in [0.25, 0.3) is 0 Å². The Morgan fingerprint density at radius 3 is 2.19 bits per heavy atom. The summed E-state index contributed by atoms with van der Waals surface area (Å²) in [7, 11) is 0. The molecule has 1 aliphatic carbocycles. The van der Waals surface area contributed by atoms with Gasteiger partial charge in [0.05, 0.1) is 17.2 Å². The van der Waals surface area contributed by atoms with Crippen molar-refractivity contribution in [2.45, 2.75) is 70.6 Å². The SMILES string of the molecule is CC(C)(O)C(C)(C)NC(N)=NC1CCCC1. The van der Waals surface area contributed by atoms with E-state index in [2.05, 4.69) is 10.3 Å². The smallest absolute Gasteiger partial charge is 0.189 e. The molecule has 0 aromatic carbocycles. The summed E-state index contributed by atoms with van der Waals surface area (Å²) in [5.41, 5.74) is 4.53. The fourth-order valence-electron chi connectivity index (χ4n) is 1.74. The van der Waals surface area contributed by atoms with E-state index in [-0.39, 0.29) is 0 Å². The average molecular weight is 227 g/mol. The average Bonchev–Trinajstić information content (AvgIpc) is 2.52. The third kappa shape index (κ3) is 3.37. The van der Waals surface area contributed by atoms with Crippen molar-refractivity contribution in [1.82, 2.24) is 5.32 Å². The number of rotatable bonds is 3. The second-order valence-electron chi connectivity index (χ2n) is 5.76. The molecule has 94 valence electrons. The molecule has 0 amide bonds. The van der Waals surface area contributed by atoms with Crippen LogP contribution in [0.4, 0.5) is 0 Å². The van der Waals surface area contributed by atoms with Crippen LogP contribution in [0.1, 0.15) is 53.4 Å². The van der Waals surface area contributed by atoms with Crippen molar-refractivity contribution in [3.8, 4) is 0 Å². The number of hydrogen-bond donors (Lipinski definition) is 3. The van der Waals surface area contributed by atoms with Crippen LogP contribution < -0.4 is 11.1 Å². The Bertz CT molecular complexity index is 260. The quantitative estimate of drug-likeness (QED) is 0.504. The molecule has 1 aliphatic rings. The van der Waals surface area contributed by atoms with Crippen LogP contribution in [-0.4, -0.2) is 28.2 Å². The van der Waals surface area contributed by atoms with E-state index >= 15 is 0 Å². The van der Waals surface area contributed by atoms with Crippen molar-refractivity contribution < 1.29 is 5.11 Å². The maximum Gasteiger partial charge on any atom is 0.189 e. The van der Waals surface area contributed by atoms with Crippen LogP contribution in [0, 0.1) is 0 Å². The molecule has 1 rings (SSSR count). The third-order valence-corrected chi connectivity index (χ3v) is 3.62. The van der Waals surface area contributed by atoms with Gasteiger partial charge in [-0.1, -0.05) is 12.8 Å². The van der Waals surface area contributed by atoms with Crippen molar-refractivity contribution in [2.75, 3.05) is 0 Å². The summed E-state index contributed by atoms with van der Waals surface area (Å²) in [5.74, 6) is 0.444. The maximum atomic E-state index is 9.98. The van der Waals surface area contributed by atoms with Gasteiger partial charge in [0.15, 0.2) is 5.96 Å². The first-order valence-electron chi connectivity index (χ1n) is 6.06. The fraction of sp³-hybridized carbons (Fsp3) is 0.917. The van der Waals surface area contributed by atoms with Crippen molar-refractivity contribution in [1.29, 1.82) is 0 Å². The Balaban J connectivity index is 2.59. The van der Waals surface area contributed by atoms with E-state index in [1.54, 1.807) is 13.8 Å². The van der Waals surface area contributed by atoms with Crippen molar-refractivity contribution in [3.63, 3.8) is 0 Å². The summed E-state index contributed by atoms with van der Waals surface area (Å²) in [5, 5.41) is 13.1. The first-order valence-corrected chi connectivity index (χ1v) is 6.06. The summed E-state index contributed by atoms with van der Waals surface area (Å²) in [4.78, 5) is 4.45. The Kier molecular flexibility index (Phi) is 3.84. The molecule has 0 radical (unpaired) electrons. The number of guanidine groups is 1. The zero-order chi connectivity index (χ0) is 12.4. The molecule has 1 saturated carbocycles. The molecule has 4 nitrogen and oxygen atoms in total. The standard InChI is InChI=1S/C12H25N3O/c1-11(2,12(3,4)16)15-10(13)14-9-7-5-6-8-9/h9,16H,5-8H2,1-4H3,(H3,13,14,15). The summed E-state index contributed by atoms with van der Waals surface area (Å²) in [6.07, 6.45) is 4.75. The highest BCUT2D eigenvalue weighted by atomic mass is 16.3. The lowest BCUT2D eigenvalue weighted by Crippen LogP contribution is -2.59. The van der Waals surface area contributed by atoms with Crippen molar-refractivity contribution in [3.05, 3.63) is 0 Å². The van der Waals surface area contributed by atoms with E-state index in [0.717, 1.165) is 12.8 Å². The molecule has 0 bridgehead atoms. The molecule has 0 unspecified atom stereocenters. The van der Waals surface area contributed by atoms with Gasteiger partial charge in [-0.25, -0.2) is 0 Å². The monoisotopic (exact) mass is 227 g/mol. The van der Waals surface area contributed by atoms with Crippen LogP contribution in [0.25, 0.3) is 0 Å². The molecule has 1 fully saturated rings. The zero-order valence-electron chi connectivity index (χ0n) is 10.9. The topological polar surface area (TPSA) is 70.6 Å². The highest BCUT2D eigenvalue weighted by molar-refractivity contribution is 5.79. The molecule has 0 spiro atoms. The Morgan fingerprint density at radius 1 is 1.25 bits per heavy atom. The molecular formula is C12H25N3O. The molecule has 0 aromatic rings. The van der Waals surface area contributed by atoms with Gasteiger partial charge >= 0.3 is 0 Å². The van der Waals surface area contributed by atoms with Crippen LogP contribution in [0.5, 0.6) is 0 Å². The predicted octanol–water partition coefficient (Wildman–Crippen LogP) is 1.38. The Morgan fingerprint density at radius 2 is 1.75 bits per heavy atom. The number of nitrogens with two attached hydrogens (primary N) is 1. The second kappa shape index (κ2) is 4.62. The largest absolute Gasteiger partial charge is 0.388 e. The molecular weight excluding hydrogens is 202 g/mol. The van der Waals surface area contributed by atoms with Crippen LogP contribution in [-0.2, 0) is 0 Å². The van der Waals surface area contributed by atoms with Gasteiger partial charge in [0.1, 0.15) is 0 Å². The van der Waals surface area contributed by atoms with E-state index in [0.29, 0.717) is 12.0 Å². The highest BCUT2D eigenvalue weighted by Crippen LogP contribution is 2.22. The van der Waals surface area contributed by atoms with Gasteiger partial charge in [-0.3, -0.25) is 4.99 Å². The van der Waals surface area contributed by atoms with Gasteiger partial charge in [-0.05, 0) is 40.5 Å². The lowest BCUT2D eigenvalue weighted by molar-refractivity contribution is 0.00445. The minimum atomic E-state index is -0.844. The summed E-state index contributed by atoms with van der Waals surface area (Å²) < 4.78 is 0. The summed E-state index contributed by atoms with van der Waals surface area (Å²) >= 11 is 0. The number of nitrogens with one attached hydrogen (secondary N) is 1. The van der Waals surface area contributed by atoms with Gasteiger partial charge < -0.3 is 16.2 Å². The minimum absolute atomic E-state index is 0.366. The molecule has 0 saturated heterocycles. The van der Waals surface area contributed by atoms with Gasteiger partial charge in [-0.2, -0.15) is 0 Å². The van der Waals surface area contributed by atoms with Gasteiger partial charge in [0.2, 0.25) is 0 Å². The second-order valence-corrected chi connectivity index (χ2v) is 5.76. The lowest BCUT2D eigenvalue weighted by Gasteiger charge is -2.38. The first-order chi connectivity index (χ1) is 7.22. The number of aliphatic hydroxyl groups is 1. The fourth-order valence-corrected chi connectivity index (χ4v) is 1.74. The Labute approximate surface area is 98.3 Å². The minimum Gasteiger partial charge on any atom is -0.388 e. The maximum absolute atomic E-state index is 9.98. The van der Waals surface area contributed by atoms with E-state index < -0.39 is 11.1 Å². The zero-order valence-corrected chi connectivity index (χ0v) is 10.9. The van der Waals surface area contributed by atoms with Crippen LogP contribution in [0.3, 0.4) is 0 Å². The van der Waals surface area contributed by atoms with E-state index in [1.807, 2.05) is 13.8 Å². The van der Waals surface area contributed by atoms with Gasteiger partial charge in [0, 0.05) is 0 Å². The van der Waals surface area contributed by atoms with Crippen LogP contribution >= 0.6 is 0 Å². The molecule has 4 N–H and O–H groups in total. The van der Waals surface area contributed by atoms with Crippen LogP contribution in [0.2, 0.25) is 0 Å². The van der Waals surface area contributed by atoms with E-state index in [9.17, 15) is 5.11 Å². The summed E-state index contributed by atoms with van der Waals surface area (Å²) in [6.45, 7) is 7.37. The molecule has 16 heavy (non-hydrogen) atoms. The molecule has 0 aliphatic heterocycles. The number of nitrogens with zero attached hydrogens (tertiary/aromatic N) is 1. The Hall–Kier alpha value is -0.770. The first kappa shape index (κ1) is 13.3. The molecule has 0 atom stereocenters. The van der Waals surface area contributed by atoms with E-state index in [1.165, 1.54) is 12.8 Å². The number of hydrogen-bond acceptors (Lipinski definition) is 2. The van der Waals surface area contributed by atoms with Gasteiger partial charge in [-0.15, -0.1) is 0 Å². The van der Waals surface area contributed by atoms with E-state index in [4.69, 9.17) is 5.73 Å². The molecule has 0 heterocycles. The van der Waals surface area contributed by atoms with Crippen molar-refractivity contribution in [2.24, 2.45) is 10.7 Å². The molecule has 4 heteroatoms. The lowest BCUT2D eigenvalue weighted by atomic mass is 9.86.